The maximum absolute atomic E-state index is 13.1. The van der Waals surface area contributed by atoms with E-state index in [1.807, 2.05) is 0 Å². The van der Waals surface area contributed by atoms with Crippen LogP contribution in [0, 0.1) is 5.82 Å². The molecule has 1 aromatic carbocycles. The summed E-state index contributed by atoms with van der Waals surface area (Å²) in [6.45, 7) is 0. The van der Waals surface area contributed by atoms with Crippen LogP contribution in [0.25, 0.3) is 0 Å². The smallest absolute Gasteiger partial charge is 0.124 e. The Morgan fingerprint density at radius 1 is 1.37 bits per heavy atom. The van der Waals surface area contributed by atoms with Gasteiger partial charge in [0.2, 0.25) is 0 Å². The Balaban J connectivity index is 1.88. The third-order valence-corrected chi connectivity index (χ3v) is 5.37. The predicted octanol–water partition coefficient (Wildman–Crippen LogP) is 5.79. The highest BCUT2D eigenvalue weighted by molar-refractivity contribution is 9.11. The third-order valence-electron chi connectivity index (χ3n) is 3.34. The van der Waals surface area contributed by atoms with E-state index in [9.17, 15) is 4.39 Å². The Morgan fingerprint density at radius 3 is 3.00 bits per heavy atom. The molecule has 1 unspecified atom stereocenters. The second kappa shape index (κ2) is 5.43. The number of hydrogen-bond acceptors (Lipinski definition) is 2. The van der Waals surface area contributed by atoms with Crippen molar-refractivity contribution in [3.05, 3.63) is 49.3 Å². The molecule has 0 bridgehead atoms. The largest absolute Gasteiger partial charge is 0.377 e. The lowest BCUT2D eigenvalue weighted by atomic mass is 9.94. The molecule has 0 saturated heterocycles. The first-order valence-electron chi connectivity index (χ1n) is 6.13. The topological polar surface area (TPSA) is 12.0 Å². The molecule has 1 aromatic heterocycles. The van der Waals surface area contributed by atoms with Crippen molar-refractivity contribution in [2.24, 2.45) is 0 Å². The monoisotopic (exact) mass is 359 g/mol. The molecule has 19 heavy (non-hydrogen) atoms. The van der Waals surface area contributed by atoms with Crippen LogP contribution < -0.4 is 5.32 Å². The van der Waals surface area contributed by atoms with Gasteiger partial charge in [0.05, 0.1) is 20.5 Å². The van der Waals surface area contributed by atoms with E-state index in [0.717, 1.165) is 28.7 Å². The van der Waals surface area contributed by atoms with Crippen LogP contribution in [-0.2, 0) is 6.42 Å². The lowest BCUT2D eigenvalue weighted by Gasteiger charge is -2.25. The minimum atomic E-state index is -0.307. The van der Waals surface area contributed by atoms with E-state index < -0.39 is 0 Å². The summed E-state index contributed by atoms with van der Waals surface area (Å²) in [5.41, 5.74) is 2.13. The van der Waals surface area contributed by atoms with Crippen molar-refractivity contribution in [3.8, 4) is 0 Å². The number of aryl methyl sites for hydroxylation is 1. The summed E-state index contributed by atoms with van der Waals surface area (Å²) in [5, 5.41) is 3.86. The van der Waals surface area contributed by atoms with E-state index in [-0.39, 0.29) is 11.9 Å². The van der Waals surface area contributed by atoms with Crippen molar-refractivity contribution in [1.82, 2.24) is 0 Å². The molecule has 1 atom stereocenters. The molecule has 0 saturated carbocycles. The van der Waals surface area contributed by atoms with Gasteiger partial charge < -0.3 is 5.32 Å². The second-order valence-corrected chi connectivity index (χ2v) is 7.57. The second-order valence-electron chi connectivity index (χ2n) is 4.64. The number of benzene rings is 1. The summed E-state index contributed by atoms with van der Waals surface area (Å²) in [6.07, 6.45) is 3.38. The normalized spacial score (nSPS) is 18.2. The lowest BCUT2D eigenvalue weighted by molar-refractivity contribution is 0.607. The molecule has 0 radical (unpaired) electrons. The van der Waals surface area contributed by atoms with E-state index in [4.69, 9.17) is 11.6 Å². The van der Waals surface area contributed by atoms with Gasteiger partial charge in [0, 0.05) is 4.88 Å². The van der Waals surface area contributed by atoms with Crippen molar-refractivity contribution in [2.45, 2.75) is 25.3 Å². The van der Waals surface area contributed by atoms with Crippen LogP contribution >= 0.6 is 38.9 Å². The Hall–Kier alpha value is -0.580. The summed E-state index contributed by atoms with van der Waals surface area (Å²) >= 11 is 11.4. The van der Waals surface area contributed by atoms with Gasteiger partial charge in [-0.05, 0) is 65.0 Å². The van der Waals surface area contributed by atoms with E-state index >= 15 is 0 Å². The highest BCUT2D eigenvalue weighted by Crippen LogP contribution is 2.40. The molecule has 0 spiro atoms. The fourth-order valence-corrected chi connectivity index (χ4v) is 4.51. The van der Waals surface area contributed by atoms with Crippen LogP contribution in [0.4, 0.5) is 10.1 Å². The lowest BCUT2D eigenvalue weighted by Crippen LogP contribution is -2.15. The minimum absolute atomic E-state index is 0.259. The van der Waals surface area contributed by atoms with Crippen LogP contribution in [0.15, 0.2) is 28.1 Å². The summed E-state index contributed by atoms with van der Waals surface area (Å²) < 4.78 is 14.2. The van der Waals surface area contributed by atoms with E-state index in [2.05, 4.69) is 27.3 Å². The zero-order valence-electron chi connectivity index (χ0n) is 10.1. The molecular weight excluding hydrogens is 349 g/mol. The average Bonchev–Trinajstić information content (AvgIpc) is 2.74. The Bertz CT molecular complexity index is 613. The first kappa shape index (κ1) is 13.4. The predicted molar refractivity (Wildman–Crippen MR) is 82.7 cm³/mol. The van der Waals surface area contributed by atoms with Gasteiger partial charge in [-0.3, -0.25) is 0 Å². The first-order valence-corrected chi connectivity index (χ1v) is 8.12. The Labute approximate surface area is 128 Å². The van der Waals surface area contributed by atoms with Crippen LogP contribution in [0.2, 0.25) is 5.02 Å². The summed E-state index contributed by atoms with van der Waals surface area (Å²) in [6, 6.07) is 6.91. The van der Waals surface area contributed by atoms with Crippen molar-refractivity contribution < 1.29 is 4.39 Å². The molecule has 1 heterocycles. The molecule has 1 aliphatic carbocycles. The molecule has 0 fully saturated rings. The van der Waals surface area contributed by atoms with Gasteiger partial charge in [0.1, 0.15) is 5.82 Å². The van der Waals surface area contributed by atoms with Crippen molar-refractivity contribution in [2.75, 3.05) is 5.32 Å². The number of fused-ring (bicyclic) bond motifs is 1. The maximum Gasteiger partial charge on any atom is 0.124 e. The first-order chi connectivity index (χ1) is 9.13. The van der Waals surface area contributed by atoms with Crippen LogP contribution in [0.1, 0.15) is 29.3 Å². The SMILES string of the molecule is Fc1ccc(NC2CCCc3sc(Br)cc32)c(Cl)c1. The van der Waals surface area contributed by atoms with E-state index in [0.29, 0.717) is 5.02 Å². The quantitative estimate of drug-likeness (QED) is 0.714. The molecule has 0 amide bonds. The van der Waals surface area contributed by atoms with Gasteiger partial charge in [0.25, 0.3) is 0 Å². The summed E-state index contributed by atoms with van der Waals surface area (Å²) in [4.78, 5) is 1.42. The summed E-state index contributed by atoms with van der Waals surface area (Å²) in [7, 11) is 0. The molecule has 1 nitrogen and oxygen atoms in total. The number of hydrogen-bond donors (Lipinski definition) is 1. The minimum Gasteiger partial charge on any atom is -0.377 e. The molecule has 100 valence electrons. The molecule has 3 rings (SSSR count). The van der Waals surface area contributed by atoms with Gasteiger partial charge in [0.15, 0.2) is 0 Å². The maximum atomic E-state index is 13.1. The number of nitrogens with one attached hydrogen (secondary N) is 1. The van der Waals surface area contributed by atoms with Crippen LogP contribution in [0.5, 0.6) is 0 Å². The number of rotatable bonds is 2. The van der Waals surface area contributed by atoms with Crippen molar-refractivity contribution in [1.29, 1.82) is 0 Å². The van der Waals surface area contributed by atoms with E-state index in [1.54, 1.807) is 17.4 Å². The zero-order chi connectivity index (χ0) is 13.4. The highest BCUT2D eigenvalue weighted by atomic mass is 79.9. The third kappa shape index (κ3) is 2.81. The fraction of sp³-hybridized carbons (Fsp3) is 0.286. The Morgan fingerprint density at radius 2 is 2.21 bits per heavy atom. The number of halogens is 3. The molecule has 0 aliphatic heterocycles. The molecular formula is C14H12BrClFNS. The van der Waals surface area contributed by atoms with Crippen LogP contribution in [-0.4, -0.2) is 0 Å². The Kier molecular flexibility index (Phi) is 3.83. The van der Waals surface area contributed by atoms with Gasteiger partial charge in [-0.25, -0.2) is 4.39 Å². The zero-order valence-corrected chi connectivity index (χ0v) is 13.2. The molecule has 1 N–H and O–H groups in total. The van der Waals surface area contributed by atoms with Crippen molar-refractivity contribution >= 4 is 44.6 Å². The standard InChI is InChI=1S/C14H12BrClFNS/c15-14-7-9-11(2-1-3-13(9)19-14)18-12-5-4-8(17)6-10(12)16/h4-7,11,18H,1-3H2. The van der Waals surface area contributed by atoms with Gasteiger partial charge >= 0.3 is 0 Å². The molecule has 2 aromatic rings. The van der Waals surface area contributed by atoms with Crippen LogP contribution in [0.3, 0.4) is 0 Å². The number of thiophene rings is 1. The van der Waals surface area contributed by atoms with Gasteiger partial charge in [-0.15, -0.1) is 11.3 Å². The molecule has 5 heteroatoms. The highest BCUT2D eigenvalue weighted by Gasteiger charge is 2.23. The summed E-state index contributed by atoms with van der Waals surface area (Å²) in [5.74, 6) is -0.307. The van der Waals surface area contributed by atoms with Gasteiger partial charge in [-0.1, -0.05) is 11.6 Å². The van der Waals surface area contributed by atoms with Gasteiger partial charge in [-0.2, -0.15) is 0 Å². The fourth-order valence-electron chi connectivity index (χ4n) is 2.47. The van der Waals surface area contributed by atoms with Crippen molar-refractivity contribution in [3.63, 3.8) is 0 Å². The van der Waals surface area contributed by atoms with E-state index in [1.165, 1.54) is 22.6 Å². The number of anilines is 1. The average molecular weight is 361 g/mol. The molecule has 1 aliphatic rings.